The van der Waals surface area contributed by atoms with Crippen LogP contribution in [0.4, 0.5) is 5.82 Å². The number of hydrogen-bond acceptors (Lipinski definition) is 6. The van der Waals surface area contributed by atoms with Crippen LogP contribution < -0.4 is 5.73 Å². The molecule has 1 saturated heterocycles. The second-order valence-electron chi connectivity index (χ2n) is 8.66. The predicted octanol–water partition coefficient (Wildman–Crippen LogP) is 4.31. The van der Waals surface area contributed by atoms with Gasteiger partial charge < -0.3 is 15.6 Å². The molecule has 1 aliphatic rings. The van der Waals surface area contributed by atoms with E-state index in [0.29, 0.717) is 25.5 Å². The van der Waals surface area contributed by atoms with Crippen LogP contribution in [-0.2, 0) is 17.9 Å². The average molecular weight is 495 g/mol. The molecule has 3 heterocycles. The van der Waals surface area contributed by atoms with Crippen molar-refractivity contribution in [3.05, 3.63) is 65.1 Å². The molecule has 7 nitrogen and oxygen atoms in total. The number of H-pyrrole nitrogens is 1. The Morgan fingerprint density at radius 2 is 2.03 bits per heavy atom. The number of aromatic amines is 1. The standard InChI is InChI=1S/C25H27ClN6OS/c1-34-9-6-23-25(33)32(13-16-2-4-20-22(10-16)28-15-29-24(20)27)8-7-31(23)14-19-12-17-11-18(26)3-5-21(17)30-19/h2-5,10-12,15,23,30H,6-9,13-14H2,1H3,(H2,27,28,29)/t23-/m0/s1. The molecule has 1 atom stereocenters. The quantitative estimate of drug-likeness (QED) is 0.397. The Kier molecular flexibility index (Phi) is 6.63. The largest absolute Gasteiger partial charge is 0.383 e. The number of nitrogens with two attached hydrogens (primary N) is 1. The van der Waals surface area contributed by atoms with Crippen molar-refractivity contribution in [2.75, 3.05) is 30.8 Å². The van der Waals surface area contributed by atoms with Gasteiger partial charge >= 0.3 is 0 Å². The second kappa shape index (κ2) is 9.82. The highest BCUT2D eigenvalue weighted by atomic mass is 35.5. The molecule has 0 aliphatic carbocycles. The molecule has 5 rings (SSSR count). The van der Waals surface area contributed by atoms with E-state index in [9.17, 15) is 4.79 Å². The van der Waals surface area contributed by atoms with Gasteiger partial charge in [-0.2, -0.15) is 11.8 Å². The van der Waals surface area contributed by atoms with Crippen molar-refractivity contribution in [1.29, 1.82) is 0 Å². The number of hydrogen-bond donors (Lipinski definition) is 2. The van der Waals surface area contributed by atoms with Crippen LogP contribution in [0.5, 0.6) is 0 Å². The number of nitrogen functional groups attached to an aromatic ring is 1. The van der Waals surface area contributed by atoms with Crippen LogP contribution in [0.15, 0.2) is 48.8 Å². The lowest BCUT2D eigenvalue weighted by atomic mass is 10.1. The van der Waals surface area contributed by atoms with E-state index in [4.69, 9.17) is 17.3 Å². The summed E-state index contributed by atoms with van der Waals surface area (Å²) in [5, 5.41) is 2.65. The number of nitrogens with zero attached hydrogens (tertiary/aromatic N) is 4. The first-order valence-electron chi connectivity index (χ1n) is 11.3. The first-order chi connectivity index (χ1) is 16.5. The summed E-state index contributed by atoms with van der Waals surface area (Å²) in [7, 11) is 0. The highest BCUT2D eigenvalue weighted by molar-refractivity contribution is 7.98. The minimum Gasteiger partial charge on any atom is -0.383 e. The van der Waals surface area contributed by atoms with Crippen molar-refractivity contribution in [3.8, 4) is 0 Å². The van der Waals surface area contributed by atoms with Crippen molar-refractivity contribution in [3.63, 3.8) is 0 Å². The summed E-state index contributed by atoms with van der Waals surface area (Å²) in [5.41, 5.74) is 9.96. The van der Waals surface area contributed by atoms with Gasteiger partial charge in [-0.15, -0.1) is 0 Å². The van der Waals surface area contributed by atoms with E-state index in [1.807, 2.05) is 41.3 Å². The number of carbonyl (C=O) groups is 1. The number of benzene rings is 2. The maximum atomic E-state index is 13.6. The molecule has 34 heavy (non-hydrogen) atoms. The zero-order valence-corrected chi connectivity index (χ0v) is 20.6. The number of amides is 1. The molecule has 2 aromatic carbocycles. The van der Waals surface area contributed by atoms with Gasteiger partial charge in [0.25, 0.3) is 0 Å². The fraction of sp³-hybridized carbons (Fsp3) is 0.320. The number of carbonyl (C=O) groups excluding carboxylic acids is 1. The minimum atomic E-state index is -0.144. The summed E-state index contributed by atoms with van der Waals surface area (Å²) in [6.07, 6.45) is 4.38. The Labute approximate surface area is 207 Å². The zero-order valence-electron chi connectivity index (χ0n) is 19.0. The molecule has 9 heteroatoms. The van der Waals surface area contributed by atoms with Gasteiger partial charge in [0.05, 0.1) is 11.6 Å². The molecule has 1 fully saturated rings. The molecule has 0 radical (unpaired) electrons. The molecule has 0 saturated carbocycles. The Balaban J connectivity index is 1.33. The zero-order chi connectivity index (χ0) is 23.7. The van der Waals surface area contributed by atoms with Crippen molar-refractivity contribution < 1.29 is 4.79 Å². The molecule has 0 unspecified atom stereocenters. The molecule has 4 aromatic rings. The molecular weight excluding hydrogens is 468 g/mol. The fourth-order valence-electron chi connectivity index (χ4n) is 4.67. The second-order valence-corrected chi connectivity index (χ2v) is 10.1. The highest BCUT2D eigenvalue weighted by Gasteiger charge is 2.34. The molecule has 1 aliphatic heterocycles. The summed E-state index contributed by atoms with van der Waals surface area (Å²) in [4.78, 5) is 29.7. The first kappa shape index (κ1) is 23.0. The van der Waals surface area contributed by atoms with Gasteiger partial charge in [0.1, 0.15) is 12.1 Å². The molecule has 0 bridgehead atoms. The highest BCUT2D eigenvalue weighted by Crippen LogP contribution is 2.25. The van der Waals surface area contributed by atoms with Crippen LogP contribution >= 0.6 is 23.4 Å². The number of anilines is 1. The third kappa shape index (κ3) is 4.71. The average Bonchev–Trinajstić information content (AvgIpc) is 3.22. The van der Waals surface area contributed by atoms with E-state index in [0.717, 1.165) is 56.8 Å². The number of thioether (sulfide) groups is 1. The van der Waals surface area contributed by atoms with E-state index in [-0.39, 0.29) is 11.9 Å². The van der Waals surface area contributed by atoms with Gasteiger partial charge in [0, 0.05) is 53.2 Å². The SMILES string of the molecule is CSCC[C@H]1C(=O)N(Cc2ccc3c(N)ncnc3c2)CCN1Cc1cc2cc(Cl)ccc2[nH]1. The predicted molar refractivity (Wildman–Crippen MR) is 140 cm³/mol. The Morgan fingerprint density at radius 3 is 2.88 bits per heavy atom. The smallest absolute Gasteiger partial charge is 0.240 e. The molecule has 0 spiro atoms. The minimum absolute atomic E-state index is 0.144. The van der Waals surface area contributed by atoms with Gasteiger partial charge in [0.15, 0.2) is 0 Å². The van der Waals surface area contributed by atoms with Crippen molar-refractivity contribution >= 4 is 56.9 Å². The lowest BCUT2D eigenvalue weighted by Gasteiger charge is -2.40. The summed E-state index contributed by atoms with van der Waals surface area (Å²) in [5.74, 6) is 1.59. The van der Waals surface area contributed by atoms with Gasteiger partial charge in [-0.3, -0.25) is 9.69 Å². The van der Waals surface area contributed by atoms with E-state index in [2.05, 4.69) is 32.2 Å². The maximum absolute atomic E-state index is 13.6. The normalized spacial score (nSPS) is 17.2. The first-order valence-corrected chi connectivity index (χ1v) is 13.1. The van der Waals surface area contributed by atoms with Gasteiger partial charge in [0.2, 0.25) is 5.91 Å². The number of piperazine rings is 1. The number of rotatable bonds is 7. The summed E-state index contributed by atoms with van der Waals surface area (Å²) in [6.45, 7) is 2.78. The maximum Gasteiger partial charge on any atom is 0.240 e. The van der Waals surface area contributed by atoms with Gasteiger partial charge in [-0.25, -0.2) is 9.97 Å². The lowest BCUT2D eigenvalue weighted by molar-refractivity contribution is -0.143. The lowest BCUT2D eigenvalue weighted by Crippen LogP contribution is -2.56. The third-order valence-electron chi connectivity index (χ3n) is 6.41. The van der Waals surface area contributed by atoms with Gasteiger partial charge in [-0.1, -0.05) is 17.7 Å². The Morgan fingerprint density at radius 1 is 1.15 bits per heavy atom. The van der Waals surface area contributed by atoms with Crippen LogP contribution in [0.3, 0.4) is 0 Å². The van der Waals surface area contributed by atoms with E-state index in [1.165, 1.54) is 6.33 Å². The molecular formula is C25H27ClN6OS. The van der Waals surface area contributed by atoms with E-state index in [1.54, 1.807) is 11.8 Å². The van der Waals surface area contributed by atoms with Crippen LogP contribution in [0.25, 0.3) is 21.8 Å². The van der Waals surface area contributed by atoms with Crippen LogP contribution in [0.2, 0.25) is 5.02 Å². The molecule has 3 N–H and O–H groups in total. The summed E-state index contributed by atoms with van der Waals surface area (Å²) < 4.78 is 0. The Bertz CT molecular complexity index is 1340. The number of halogens is 1. The summed E-state index contributed by atoms with van der Waals surface area (Å²) >= 11 is 7.92. The van der Waals surface area contributed by atoms with Gasteiger partial charge in [-0.05, 0) is 60.4 Å². The van der Waals surface area contributed by atoms with Crippen molar-refractivity contribution in [2.24, 2.45) is 0 Å². The van der Waals surface area contributed by atoms with E-state index >= 15 is 0 Å². The van der Waals surface area contributed by atoms with Crippen LogP contribution in [0.1, 0.15) is 17.7 Å². The van der Waals surface area contributed by atoms with Crippen molar-refractivity contribution in [2.45, 2.75) is 25.6 Å². The van der Waals surface area contributed by atoms with Crippen LogP contribution in [-0.4, -0.2) is 61.8 Å². The number of fused-ring (bicyclic) bond motifs is 2. The van der Waals surface area contributed by atoms with E-state index < -0.39 is 0 Å². The molecule has 1 amide bonds. The number of nitrogens with one attached hydrogen (secondary N) is 1. The molecule has 2 aromatic heterocycles. The topological polar surface area (TPSA) is 91.1 Å². The fourth-order valence-corrected chi connectivity index (χ4v) is 5.31. The molecule has 176 valence electrons. The summed E-state index contributed by atoms with van der Waals surface area (Å²) in [6, 6.07) is 13.8. The third-order valence-corrected chi connectivity index (χ3v) is 7.29. The number of aromatic nitrogens is 3. The van der Waals surface area contributed by atoms with Crippen molar-refractivity contribution in [1.82, 2.24) is 24.8 Å². The van der Waals surface area contributed by atoms with Crippen LogP contribution in [0, 0.1) is 0 Å². The Hall–Kier alpha value is -2.81. The monoisotopic (exact) mass is 494 g/mol.